The van der Waals surface area contributed by atoms with E-state index < -0.39 is 0 Å². The van der Waals surface area contributed by atoms with E-state index in [-0.39, 0.29) is 26.6 Å². The van der Waals surface area contributed by atoms with Gasteiger partial charge in [0.2, 0.25) is 0 Å². The Morgan fingerprint density at radius 1 is 0.571 bits per heavy atom. The zero-order valence-corrected chi connectivity index (χ0v) is 19.5. The molecule has 0 radical (unpaired) electrons. The number of nitrogens with zero attached hydrogens (tertiary/aromatic N) is 2. The predicted octanol–water partition coefficient (Wildman–Crippen LogP) is 7.92. The van der Waals surface area contributed by atoms with Gasteiger partial charge < -0.3 is 0 Å². The molecule has 0 fully saturated rings. The molecule has 0 saturated carbocycles. The van der Waals surface area contributed by atoms with E-state index in [1.165, 1.54) is 22.3 Å². The van der Waals surface area contributed by atoms with Crippen LogP contribution in [0.2, 0.25) is 0 Å². The van der Waals surface area contributed by atoms with Gasteiger partial charge in [-0.1, -0.05) is 38.1 Å². The first-order valence-corrected chi connectivity index (χ1v) is 11.7. The highest BCUT2D eigenvalue weighted by molar-refractivity contribution is 5.86. The van der Waals surface area contributed by atoms with Crippen molar-refractivity contribution < 1.29 is 9.85 Å². The van der Waals surface area contributed by atoms with Crippen LogP contribution in [0.4, 0.5) is 11.4 Å². The van der Waals surface area contributed by atoms with Crippen LogP contribution in [0.3, 0.4) is 0 Å². The maximum atomic E-state index is 11.0. The van der Waals surface area contributed by atoms with Gasteiger partial charge in [0, 0.05) is 29.7 Å². The predicted molar refractivity (Wildman–Crippen MR) is 137 cm³/mol. The first-order valence-electron chi connectivity index (χ1n) is 11.7. The van der Waals surface area contributed by atoms with Crippen molar-refractivity contribution in [2.75, 3.05) is 0 Å². The van der Waals surface area contributed by atoms with Crippen LogP contribution < -0.4 is 0 Å². The molecule has 0 N–H and O–H groups in total. The fraction of sp³-hybridized carbons (Fsp3) is 0.172. The Morgan fingerprint density at radius 3 is 1.23 bits per heavy atom. The minimum absolute atomic E-state index is 0.0811. The van der Waals surface area contributed by atoms with Crippen LogP contribution in [0.1, 0.15) is 37.8 Å². The topological polar surface area (TPSA) is 86.3 Å². The van der Waals surface area contributed by atoms with Gasteiger partial charge in [0.05, 0.1) is 9.85 Å². The van der Waals surface area contributed by atoms with Crippen LogP contribution in [0.15, 0.2) is 84.9 Å². The second-order valence-corrected chi connectivity index (χ2v) is 8.92. The van der Waals surface area contributed by atoms with Gasteiger partial charge in [0.25, 0.3) is 11.4 Å². The van der Waals surface area contributed by atoms with Crippen molar-refractivity contribution in [3.63, 3.8) is 0 Å². The molecule has 0 aliphatic heterocycles. The molecule has 1 aliphatic rings. The van der Waals surface area contributed by atoms with Crippen molar-refractivity contribution >= 4 is 11.4 Å². The minimum atomic E-state index is -0.384. The van der Waals surface area contributed by atoms with Crippen LogP contribution in [0.5, 0.6) is 0 Å². The van der Waals surface area contributed by atoms with Crippen LogP contribution >= 0.6 is 0 Å². The number of nitro benzene ring substituents is 2. The molecule has 4 aromatic carbocycles. The smallest absolute Gasteiger partial charge is 0.258 e. The van der Waals surface area contributed by atoms with Crippen molar-refractivity contribution in [3.8, 4) is 33.4 Å². The second-order valence-electron chi connectivity index (χ2n) is 8.92. The molecule has 0 aromatic heterocycles. The quantitative estimate of drug-likeness (QED) is 0.214. The third kappa shape index (κ3) is 3.58. The van der Waals surface area contributed by atoms with Gasteiger partial charge in [-0.05, 0) is 93.7 Å². The van der Waals surface area contributed by atoms with Gasteiger partial charge in [-0.3, -0.25) is 20.2 Å². The molecule has 0 saturated heterocycles. The fourth-order valence-corrected chi connectivity index (χ4v) is 5.42. The third-order valence-electron chi connectivity index (χ3n) is 7.39. The highest BCUT2D eigenvalue weighted by atomic mass is 16.6. The van der Waals surface area contributed by atoms with E-state index >= 15 is 0 Å². The van der Waals surface area contributed by atoms with Gasteiger partial charge in [-0.25, -0.2) is 0 Å². The van der Waals surface area contributed by atoms with Crippen LogP contribution in [-0.4, -0.2) is 9.85 Å². The lowest BCUT2D eigenvalue weighted by molar-refractivity contribution is -0.385. The molecule has 174 valence electrons. The molecule has 6 nitrogen and oxygen atoms in total. The molecule has 5 rings (SSSR count). The molecule has 35 heavy (non-hydrogen) atoms. The van der Waals surface area contributed by atoms with E-state index in [2.05, 4.69) is 50.2 Å². The fourth-order valence-electron chi connectivity index (χ4n) is 5.42. The molecule has 0 unspecified atom stereocenters. The number of hydrogen-bond acceptors (Lipinski definition) is 4. The van der Waals surface area contributed by atoms with Gasteiger partial charge in [0.1, 0.15) is 0 Å². The highest BCUT2D eigenvalue weighted by Gasteiger charge is 2.40. The zero-order chi connectivity index (χ0) is 24.7. The van der Waals surface area contributed by atoms with E-state index in [0.717, 1.165) is 35.1 Å². The normalized spacial score (nSPS) is 13.2. The summed E-state index contributed by atoms with van der Waals surface area (Å²) in [6.07, 6.45) is 1.86. The Morgan fingerprint density at radius 2 is 0.914 bits per heavy atom. The largest absolute Gasteiger partial charge is 0.269 e. The monoisotopic (exact) mass is 464 g/mol. The molecule has 0 atom stereocenters. The molecule has 0 amide bonds. The van der Waals surface area contributed by atoms with E-state index in [1.807, 2.05) is 0 Å². The van der Waals surface area contributed by atoms with Crippen molar-refractivity contribution in [2.24, 2.45) is 0 Å². The lowest BCUT2D eigenvalue weighted by atomic mass is 9.73. The molecule has 0 heterocycles. The number of non-ortho nitro benzene ring substituents is 2. The molecule has 4 aromatic rings. The summed E-state index contributed by atoms with van der Waals surface area (Å²) in [4.78, 5) is 21.3. The maximum absolute atomic E-state index is 11.0. The van der Waals surface area contributed by atoms with Crippen LogP contribution in [0, 0.1) is 20.2 Å². The van der Waals surface area contributed by atoms with E-state index in [0.29, 0.717) is 0 Å². The van der Waals surface area contributed by atoms with Gasteiger partial charge in [-0.2, -0.15) is 0 Å². The van der Waals surface area contributed by atoms with Gasteiger partial charge in [-0.15, -0.1) is 0 Å². The SMILES string of the molecule is CCC1(CC)c2cc(-c3ccc([N+](=O)[O-])cc3)ccc2-c2ccc(-c3ccc([N+](=O)[O-])cc3)cc21. The standard InChI is InChI=1S/C29H24N2O4/c1-3-29(4-2)27-17-21(19-5-11-23(12-6-19)30(32)33)9-15-25(27)26-16-10-22(18-28(26)29)20-7-13-24(14-8-20)31(34)35/h5-18H,3-4H2,1-2H3. The first kappa shape index (κ1) is 22.5. The number of fused-ring (bicyclic) bond motifs is 3. The molecule has 0 spiro atoms. The minimum Gasteiger partial charge on any atom is -0.258 e. The lowest BCUT2D eigenvalue weighted by Crippen LogP contribution is -2.23. The molecular weight excluding hydrogens is 440 g/mol. The lowest BCUT2D eigenvalue weighted by Gasteiger charge is -2.30. The average Bonchev–Trinajstić information content (AvgIpc) is 3.17. The number of hydrogen-bond donors (Lipinski definition) is 0. The maximum Gasteiger partial charge on any atom is 0.269 e. The summed E-state index contributed by atoms with van der Waals surface area (Å²) in [5.41, 5.74) is 8.94. The Hall–Kier alpha value is -4.32. The Bertz CT molecular complexity index is 1340. The summed E-state index contributed by atoms with van der Waals surface area (Å²) in [6, 6.07) is 26.3. The Labute approximate surface area is 203 Å². The second kappa shape index (κ2) is 8.47. The summed E-state index contributed by atoms with van der Waals surface area (Å²) in [5.74, 6) is 0. The van der Waals surface area contributed by atoms with Gasteiger partial charge in [0.15, 0.2) is 0 Å². The number of rotatable bonds is 6. The van der Waals surface area contributed by atoms with Gasteiger partial charge >= 0.3 is 0 Å². The van der Waals surface area contributed by atoms with E-state index in [9.17, 15) is 20.2 Å². The summed E-state index contributed by atoms with van der Waals surface area (Å²) >= 11 is 0. The van der Waals surface area contributed by atoms with Crippen molar-refractivity contribution in [2.45, 2.75) is 32.1 Å². The summed E-state index contributed by atoms with van der Waals surface area (Å²) in [6.45, 7) is 4.42. The number of nitro groups is 2. The number of benzene rings is 4. The first-order chi connectivity index (χ1) is 16.9. The summed E-state index contributed by atoms with van der Waals surface area (Å²) < 4.78 is 0. The van der Waals surface area contributed by atoms with Crippen molar-refractivity contribution in [1.29, 1.82) is 0 Å². The zero-order valence-electron chi connectivity index (χ0n) is 19.5. The van der Waals surface area contributed by atoms with Crippen molar-refractivity contribution in [3.05, 3.63) is 116 Å². The van der Waals surface area contributed by atoms with Crippen LogP contribution in [-0.2, 0) is 5.41 Å². The van der Waals surface area contributed by atoms with E-state index in [1.54, 1.807) is 48.5 Å². The van der Waals surface area contributed by atoms with Crippen molar-refractivity contribution in [1.82, 2.24) is 0 Å². The summed E-state index contributed by atoms with van der Waals surface area (Å²) in [7, 11) is 0. The molecule has 0 bridgehead atoms. The third-order valence-corrected chi connectivity index (χ3v) is 7.39. The van der Waals surface area contributed by atoms with Crippen LogP contribution in [0.25, 0.3) is 33.4 Å². The average molecular weight is 465 g/mol. The Kier molecular flexibility index (Phi) is 5.44. The molecule has 6 heteroatoms. The highest BCUT2D eigenvalue weighted by Crippen LogP contribution is 2.54. The van der Waals surface area contributed by atoms with E-state index in [4.69, 9.17) is 0 Å². The summed E-state index contributed by atoms with van der Waals surface area (Å²) in [5, 5.41) is 22.1. The molecule has 1 aliphatic carbocycles. The Balaban J connectivity index is 1.60. The molecular formula is C29H24N2O4.